The van der Waals surface area contributed by atoms with Crippen LogP contribution in [0.1, 0.15) is 0 Å². The fourth-order valence-electron chi connectivity index (χ4n) is 0. The van der Waals surface area contributed by atoms with Gasteiger partial charge in [-0.25, -0.2) is 0 Å². The second kappa shape index (κ2) is 17.9. The van der Waals surface area contributed by atoms with Crippen LogP contribution in [-0.4, -0.2) is 40.0 Å². The zero-order valence-electron chi connectivity index (χ0n) is 8.09. The Bertz CT molecular complexity index is 42.3. The van der Waals surface area contributed by atoms with Gasteiger partial charge < -0.3 is 0 Å². The summed E-state index contributed by atoms with van der Waals surface area (Å²) in [6, 6.07) is 0. The van der Waals surface area contributed by atoms with E-state index in [1.54, 1.807) is 0 Å². The Labute approximate surface area is 88.8 Å². The summed E-state index contributed by atoms with van der Waals surface area (Å²) in [5, 5.41) is 0. The Hall–Kier alpha value is 1.95. The molecule has 0 bridgehead atoms. The molecule has 0 nitrogen and oxygen atoms in total. The number of hydrogen-bond donors (Lipinski definition) is 0. The van der Waals surface area contributed by atoms with Crippen molar-refractivity contribution >= 4 is 36.1 Å². The summed E-state index contributed by atoms with van der Waals surface area (Å²) >= 11 is 0.382. The van der Waals surface area contributed by atoms with Crippen molar-refractivity contribution in [3.05, 3.63) is 0 Å². The zero-order valence-corrected chi connectivity index (χ0v) is 12.6. The molecule has 75 valence electrons. The summed E-state index contributed by atoms with van der Waals surface area (Å²) in [6.07, 6.45) is 0. The second-order valence-electron chi connectivity index (χ2n) is 3.05. The van der Waals surface area contributed by atoms with E-state index in [-0.39, 0.29) is 15.8 Å². The van der Waals surface area contributed by atoms with Gasteiger partial charge in [0.2, 0.25) is 0 Å². The normalized spacial score (nSPS) is 8.55. The average molecular weight is 284 g/mol. The van der Waals surface area contributed by atoms with Crippen molar-refractivity contribution in [2.75, 3.05) is 40.0 Å². The standard InChI is InChI=1S/2C3H9P.2ClH.Co/c2*1-4(2)3;;;/h2*1-3H3;2*1H;/q;;;;+2. The van der Waals surface area contributed by atoms with Gasteiger partial charge in [0, 0.05) is 40.0 Å². The van der Waals surface area contributed by atoms with E-state index in [1.807, 2.05) is 0 Å². The molecule has 0 N–H and O–H groups in total. The van der Waals surface area contributed by atoms with Crippen molar-refractivity contribution in [1.82, 2.24) is 0 Å². The van der Waals surface area contributed by atoms with E-state index < -0.39 is 0 Å². The molecule has 0 aromatic carbocycles. The Morgan fingerprint density at radius 2 is 0.727 bits per heavy atom. The van der Waals surface area contributed by atoms with Gasteiger partial charge in [0.25, 0.3) is 0 Å². The van der Waals surface area contributed by atoms with Crippen molar-refractivity contribution in [1.29, 1.82) is 0 Å². The molecule has 5 heteroatoms. The molecule has 11 heavy (non-hydrogen) atoms. The minimum absolute atomic E-state index is 0.120. The van der Waals surface area contributed by atoms with Crippen molar-refractivity contribution in [2.24, 2.45) is 0 Å². The first kappa shape index (κ1) is 18.7. The van der Waals surface area contributed by atoms with Crippen LogP contribution in [0.5, 0.6) is 0 Å². The molecular weight excluding hydrogens is 264 g/mol. The molecule has 0 saturated carbocycles. The van der Waals surface area contributed by atoms with E-state index in [2.05, 4.69) is 40.0 Å². The van der Waals surface area contributed by atoms with E-state index in [1.165, 1.54) is 0 Å². The first-order valence-electron chi connectivity index (χ1n) is 3.25. The molecule has 0 aromatic heterocycles. The molecule has 0 unspecified atom stereocenters. The van der Waals surface area contributed by atoms with Gasteiger partial charge in [-0.15, -0.1) is 0 Å². The molecule has 0 atom stereocenters. The van der Waals surface area contributed by atoms with E-state index >= 15 is 0 Å². The molecule has 0 aliphatic heterocycles. The average Bonchev–Trinajstić information content (AvgIpc) is 1.60. The Morgan fingerprint density at radius 3 is 0.727 bits per heavy atom. The molecular formula is C6H20Cl2CoP2+2. The van der Waals surface area contributed by atoms with Crippen LogP contribution in [0, 0.1) is 0 Å². The van der Waals surface area contributed by atoms with Crippen LogP contribution in [-0.2, 0) is 12.9 Å². The van der Waals surface area contributed by atoms with Crippen LogP contribution in [0.15, 0.2) is 0 Å². The van der Waals surface area contributed by atoms with Crippen LogP contribution in [0.4, 0.5) is 0 Å². The van der Waals surface area contributed by atoms with Crippen molar-refractivity contribution < 1.29 is 12.9 Å². The summed E-state index contributed by atoms with van der Waals surface area (Å²) in [6.45, 7) is 13.6. The zero-order chi connectivity index (χ0) is 9.86. The first-order valence-corrected chi connectivity index (χ1v) is 12.1. The van der Waals surface area contributed by atoms with Crippen LogP contribution in [0.2, 0.25) is 0 Å². The molecule has 0 heterocycles. The summed E-state index contributed by atoms with van der Waals surface area (Å²) in [7, 11) is 9.71. The molecule has 0 amide bonds. The van der Waals surface area contributed by atoms with Gasteiger partial charge in [-0.2, -0.15) is 0 Å². The van der Waals surface area contributed by atoms with Crippen LogP contribution in [0.25, 0.3) is 0 Å². The third-order valence-corrected chi connectivity index (χ3v) is 0. The van der Waals surface area contributed by atoms with Gasteiger partial charge in [-0.1, -0.05) is 0 Å². The molecule has 0 spiro atoms. The molecule has 0 fully saturated rings. The minimum atomic E-state index is 0.120. The van der Waals surface area contributed by atoms with Crippen molar-refractivity contribution in [2.45, 2.75) is 0 Å². The number of halogens is 2. The van der Waals surface area contributed by atoms with Crippen LogP contribution < -0.4 is 0 Å². The van der Waals surface area contributed by atoms with Gasteiger partial charge in [0.05, 0.1) is 0 Å². The summed E-state index contributed by atoms with van der Waals surface area (Å²) < 4.78 is 0. The third kappa shape index (κ3) is 312. The van der Waals surface area contributed by atoms with E-state index in [0.717, 1.165) is 0 Å². The number of rotatable bonds is 0. The predicted molar refractivity (Wildman–Crippen MR) is 63.9 cm³/mol. The Balaban J connectivity index is -0.0000000886. The van der Waals surface area contributed by atoms with E-state index in [9.17, 15) is 0 Å². The first-order chi connectivity index (χ1) is 4.88. The fraction of sp³-hybridized carbons (Fsp3) is 1.00. The second-order valence-corrected chi connectivity index (χ2v) is 10.8. The summed E-state index contributed by atoms with van der Waals surface area (Å²) in [4.78, 5) is 0. The predicted octanol–water partition coefficient (Wildman–Crippen LogP) is 3.56. The van der Waals surface area contributed by atoms with Gasteiger partial charge >= 0.3 is 33.2 Å². The van der Waals surface area contributed by atoms with Gasteiger partial charge in [-0.05, 0) is 15.8 Å². The van der Waals surface area contributed by atoms with Gasteiger partial charge in [0.15, 0.2) is 0 Å². The molecule has 0 radical (unpaired) electrons. The molecule has 0 aromatic rings. The van der Waals surface area contributed by atoms with E-state index in [4.69, 9.17) is 20.3 Å². The number of hydrogen-bond acceptors (Lipinski definition) is 0. The maximum atomic E-state index is 4.73. The van der Waals surface area contributed by atoms with Crippen molar-refractivity contribution in [3.63, 3.8) is 0 Å². The third-order valence-electron chi connectivity index (χ3n) is 0. The molecule has 0 aliphatic carbocycles. The Morgan fingerprint density at radius 1 is 0.727 bits per heavy atom. The molecule has 0 aliphatic rings. The monoisotopic (exact) mass is 283 g/mol. The van der Waals surface area contributed by atoms with Crippen LogP contribution >= 0.6 is 36.1 Å². The fourth-order valence-corrected chi connectivity index (χ4v) is 0. The van der Waals surface area contributed by atoms with Crippen molar-refractivity contribution in [3.8, 4) is 0 Å². The van der Waals surface area contributed by atoms with Gasteiger partial charge in [0.1, 0.15) is 0 Å². The molecule has 0 rings (SSSR count). The summed E-state index contributed by atoms with van der Waals surface area (Å²) in [5.41, 5.74) is 0. The molecule has 0 saturated heterocycles. The van der Waals surface area contributed by atoms with Gasteiger partial charge in [-0.3, -0.25) is 0 Å². The summed E-state index contributed by atoms with van der Waals surface area (Å²) in [5.74, 6) is 0. The topological polar surface area (TPSA) is 0 Å². The maximum absolute atomic E-state index is 4.73. The SMILES string of the molecule is C[PH+](C)C.C[PH+](C)C.[Cl][Co][Cl]. The van der Waals surface area contributed by atoms with Crippen LogP contribution in [0.3, 0.4) is 0 Å². The Kier molecular flexibility index (Phi) is 30.4. The van der Waals surface area contributed by atoms with E-state index in [0.29, 0.717) is 12.9 Å². The quantitative estimate of drug-likeness (QED) is 0.597.